The van der Waals surface area contributed by atoms with Crippen LogP contribution in [0.15, 0.2) is 71.8 Å². The van der Waals surface area contributed by atoms with Crippen LogP contribution in [0.25, 0.3) is 0 Å². The summed E-state index contributed by atoms with van der Waals surface area (Å²) in [5, 5.41) is 0. The van der Waals surface area contributed by atoms with Gasteiger partial charge in [-0.3, -0.25) is 48.4 Å². The van der Waals surface area contributed by atoms with Crippen LogP contribution in [0.5, 0.6) is 5.75 Å². The molecule has 2 aliphatic heterocycles. The van der Waals surface area contributed by atoms with Gasteiger partial charge in [-0.2, -0.15) is 0 Å². The molecule has 304 valence electrons. The van der Waals surface area contributed by atoms with Crippen molar-refractivity contribution >= 4 is 47.3 Å². The molecule has 57 heavy (non-hydrogen) atoms. The lowest BCUT2D eigenvalue weighted by molar-refractivity contribution is -0.155. The molecule has 2 unspecified atom stereocenters. The molecule has 4 aliphatic rings. The van der Waals surface area contributed by atoms with E-state index >= 15 is 0 Å². The van der Waals surface area contributed by atoms with Crippen molar-refractivity contribution in [1.29, 1.82) is 0 Å². The Kier molecular flexibility index (Phi) is 14.2. The largest absolute Gasteiger partial charge is 0.497 e. The topological polar surface area (TPSA) is 159 Å². The number of imide groups is 4. The third kappa shape index (κ3) is 8.64. The first kappa shape index (κ1) is 43.9. The summed E-state index contributed by atoms with van der Waals surface area (Å²) in [5.41, 5.74) is -1.13. The maximum absolute atomic E-state index is 13.4. The lowest BCUT2D eigenvalue weighted by atomic mass is 9.73. The number of rotatable bonds is 9. The minimum Gasteiger partial charge on any atom is -0.497 e. The summed E-state index contributed by atoms with van der Waals surface area (Å²) in [5.74, 6) is -3.50. The van der Waals surface area contributed by atoms with Crippen LogP contribution < -0.4 is 4.74 Å². The lowest BCUT2D eigenvalue weighted by Crippen LogP contribution is -2.64. The predicted molar refractivity (Wildman–Crippen MR) is 208 cm³/mol. The number of carbonyl (C=O) groups excluding carboxylic acids is 8. The monoisotopic (exact) mass is 786 g/mol. The summed E-state index contributed by atoms with van der Waals surface area (Å²) >= 11 is 0. The number of ketones is 2. The Morgan fingerprint density at radius 2 is 1.07 bits per heavy atom. The molecule has 2 aromatic carbocycles. The van der Waals surface area contributed by atoms with Crippen LogP contribution >= 0.6 is 0 Å². The molecule has 14 heteroatoms. The second-order valence-corrected chi connectivity index (χ2v) is 14.4. The zero-order chi connectivity index (χ0) is 42.2. The third-order valence-electron chi connectivity index (χ3n) is 10.9. The van der Waals surface area contributed by atoms with Gasteiger partial charge in [0.15, 0.2) is 11.6 Å². The van der Waals surface area contributed by atoms with Crippen molar-refractivity contribution in [2.24, 2.45) is 10.8 Å². The van der Waals surface area contributed by atoms with Crippen LogP contribution in [0.2, 0.25) is 0 Å². The molecule has 2 aliphatic carbocycles. The van der Waals surface area contributed by atoms with Crippen LogP contribution in [-0.4, -0.2) is 101 Å². The number of urea groups is 2. The molecular weight excluding hydrogens is 735 g/mol. The number of nitrogens with zero attached hydrogens (tertiary/aromatic N) is 4. The molecular formula is C43H51FN4O9. The Labute approximate surface area is 332 Å². The number of methoxy groups -OCH3 is 1. The molecule has 8 amide bonds. The average molecular weight is 787 g/mol. The van der Waals surface area contributed by atoms with Crippen molar-refractivity contribution < 1.29 is 47.5 Å². The van der Waals surface area contributed by atoms with Gasteiger partial charge in [-0.05, 0) is 101 Å². The molecule has 0 N–H and O–H groups in total. The van der Waals surface area contributed by atoms with E-state index in [-0.39, 0.29) is 5.56 Å². The second kappa shape index (κ2) is 18.4. The highest BCUT2D eigenvalue weighted by Gasteiger charge is 2.56. The standard InChI is InChI=1S/C21H24N2O5.C20H21FN2O4.C2H6/c1-21(15-9-5-4-6-10-15)18(25)22(2)20(27)23(19(21)26)13-17(24)14-8-7-11-16(12-14)28-3;1-20(14-8-4-3-5-9-14)17(25)22(2)19(27)23(18(20)26)12-16(24)13-7-6-10-15(21)11-13;1-2/h7-9,11-12H,4-6,10,13H2,1-3H3;6-8,10-11H,3-5,9,12H2,1-2H3;1-2H3. The van der Waals surface area contributed by atoms with Gasteiger partial charge in [0.05, 0.1) is 20.2 Å². The maximum Gasteiger partial charge on any atom is 0.333 e. The Hall–Kier alpha value is -5.79. The van der Waals surface area contributed by atoms with Gasteiger partial charge in [0.1, 0.15) is 22.4 Å². The van der Waals surface area contributed by atoms with Crippen molar-refractivity contribution in [2.75, 3.05) is 34.3 Å². The summed E-state index contributed by atoms with van der Waals surface area (Å²) in [7, 11) is 4.14. The van der Waals surface area contributed by atoms with Crippen LogP contribution in [0.1, 0.15) is 99.8 Å². The van der Waals surface area contributed by atoms with E-state index in [2.05, 4.69) is 0 Å². The van der Waals surface area contributed by atoms with Crippen molar-refractivity contribution in [3.05, 3.63) is 88.8 Å². The Balaban J connectivity index is 0.000000242. The fourth-order valence-corrected chi connectivity index (χ4v) is 7.44. The van der Waals surface area contributed by atoms with E-state index in [4.69, 9.17) is 4.74 Å². The number of allylic oxidation sites excluding steroid dienone is 2. The highest BCUT2D eigenvalue weighted by atomic mass is 19.1. The first-order chi connectivity index (χ1) is 27.1. The summed E-state index contributed by atoms with van der Waals surface area (Å²) in [4.78, 5) is 106. The number of carbonyl (C=O) groups is 8. The van der Waals surface area contributed by atoms with E-state index in [1.807, 2.05) is 26.0 Å². The van der Waals surface area contributed by atoms with E-state index in [0.29, 0.717) is 29.7 Å². The second-order valence-electron chi connectivity index (χ2n) is 14.4. The number of amides is 8. The fraction of sp³-hybridized carbons (Fsp3) is 0.442. The smallest absolute Gasteiger partial charge is 0.333 e. The molecule has 0 saturated carbocycles. The number of Topliss-reactive ketones (excluding diaryl/α,β-unsaturated/α-hetero) is 2. The van der Waals surface area contributed by atoms with Crippen LogP contribution in [0.4, 0.5) is 14.0 Å². The molecule has 0 spiro atoms. The van der Waals surface area contributed by atoms with Gasteiger partial charge in [0, 0.05) is 25.2 Å². The van der Waals surface area contributed by atoms with Crippen molar-refractivity contribution in [2.45, 2.75) is 79.1 Å². The van der Waals surface area contributed by atoms with Gasteiger partial charge in [0.25, 0.3) is 11.8 Å². The molecule has 0 aromatic heterocycles. The lowest BCUT2D eigenvalue weighted by Gasteiger charge is -2.42. The highest BCUT2D eigenvalue weighted by Crippen LogP contribution is 2.41. The summed E-state index contributed by atoms with van der Waals surface area (Å²) in [6, 6.07) is 9.96. The molecule has 2 heterocycles. The van der Waals surface area contributed by atoms with Crippen molar-refractivity contribution in [1.82, 2.24) is 19.6 Å². The van der Waals surface area contributed by atoms with Gasteiger partial charge >= 0.3 is 12.1 Å². The third-order valence-corrected chi connectivity index (χ3v) is 10.9. The summed E-state index contributed by atoms with van der Waals surface area (Å²) < 4.78 is 18.5. The highest BCUT2D eigenvalue weighted by molar-refractivity contribution is 6.23. The number of halogens is 1. The van der Waals surface area contributed by atoms with Crippen LogP contribution in [-0.2, 0) is 19.2 Å². The van der Waals surface area contributed by atoms with Crippen LogP contribution in [0, 0.1) is 16.6 Å². The Bertz CT molecular complexity index is 2030. The molecule has 2 atom stereocenters. The summed E-state index contributed by atoms with van der Waals surface area (Å²) in [6.07, 6.45) is 10.4. The molecule has 6 rings (SSSR count). The summed E-state index contributed by atoms with van der Waals surface area (Å²) in [6.45, 7) is 6.10. The minimum atomic E-state index is -1.49. The minimum absolute atomic E-state index is 0.0636. The Morgan fingerprint density at radius 1 is 0.649 bits per heavy atom. The number of benzene rings is 2. The van der Waals surface area contributed by atoms with Gasteiger partial charge in [-0.15, -0.1) is 0 Å². The Morgan fingerprint density at radius 3 is 1.46 bits per heavy atom. The predicted octanol–water partition coefficient (Wildman–Crippen LogP) is 6.77. The van der Waals surface area contributed by atoms with Crippen molar-refractivity contribution in [3.63, 3.8) is 0 Å². The number of hydrogen-bond donors (Lipinski definition) is 0. The van der Waals surface area contributed by atoms with Gasteiger partial charge in [0.2, 0.25) is 11.8 Å². The maximum atomic E-state index is 13.4. The van der Waals surface area contributed by atoms with E-state index in [1.54, 1.807) is 31.2 Å². The fourth-order valence-electron chi connectivity index (χ4n) is 7.44. The molecule has 2 fully saturated rings. The SMILES string of the molecule is CC.CN1C(=O)N(CC(=O)c2cccc(F)c2)C(=O)C(C)(C2=CCCCC2)C1=O.COc1cccc(C(=O)CN2C(=O)N(C)C(=O)C(C)(C3=CCCCC3)C2=O)c1. The molecule has 2 saturated heterocycles. The van der Waals surface area contributed by atoms with E-state index in [9.17, 15) is 42.7 Å². The zero-order valence-corrected chi connectivity index (χ0v) is 33.7. The normalized spacial score (nSPS) is 22.5. The number of barbiturate groups is 2. The molecule has 0 bridgehead atoms. The number of hydrogen-bond acceptors (Lipinski definition) is 9. The van der Waals surface area contributed by atoms with Gasteiger partial charge in [-0.25, -0.2) is 14.0 Å². The first-order valence-corrected chi connectivity index (χ1v) is 19.2. The zero-order valence-electron chi connectivity index (χ0n) is 33.7. The first-order valence-electron chi connectivity index (χ1n) is 19.2. The van der Waals surface area contributed by atoms with Crippen molar-refractivity contribution in [3.8, 4) is 5.75 Å². The molecule has 0 radical (unpaired) electrons. The average Bonchev–Trinajstić information content (AvgIpc) is 3.25. The van der Waals surface area contributed by atoms with E-state index < -0.39 is 77.0 Å². The van der Waals surface area contributed by atoms with Crippen LogP contribution in [0.3, 0.4) is 0 Å². The quantitative estimate of drug-likeness (QED) is 0.152. The van der Waals surface area contributed by atoms with Gasteiger partial charge in [-0.1, -0.05) is 50.3 Å². The molecule has 2 aromatic rings. The number of ether oxygens (including phenoxy) is 1. The van der Waals surface area contributed by atoms with E-state index in [1.165, 1.54) is 46.3 Å². The van der Waals surface area contributed by atoms with E-state index in [0.717, 1.165) is 69.8 Å². The van der Waals surface area contributed by atoms with Gasteiger partial charge < -0.3 is 4.74 Å². The molecule has 13 nitrogen and oxygen atoms in total.